The number of carbonyl (C=O) groups excluding carboxylic acids is 2. The van der Waals surface area contributed by atoms with Gasteiger partial charge in [-0.3, -0.25) is 4.79 Å². The third-order valence-corrected chi connectivity index (χ3v) is 6.54. The predicted octanol–water partition coefficient (Wildman–Crippen LogP) is 5.74. The van der Waals surface area contributed by atoms with Crippen LogP contribution in [0.15, 0.2) is 76.6 Å². The Balaban J connectivity index is 1.46. The summed E-state index contributed by atoms with van der Waals surface area (Å²) in [4.78, 5) is 30.9. The van der Waals surface area contributed by atoms with Crippen molar-refractivity contribution < 1.29 is 9.59 Å². The van der Waals surface area contributed by atoms with Crippen molar-refractivity contribution in [3.05, 3.63) is 87.0 Å². The zero-order chi connectivity index (χ0) is 21.6. The van der Waals surface area contributed by atoms with E-state index in [0.717, 1.165) is 27.8 Å². The number of anilines is 1. The molecule has 0 saturated heterocycles. The van der Waals surface area contributed by atoms with E-state index < -0.39 is 0 Å². The van der Waals surface area contributed by atoms with Crippen molar-refractivity contribution in [2.24, 2.45) is 0 Å². The van der Waals surface area contributed by atoms with Gasteiger partial charge in [0.2, 0.25) is 5.91 Å². The topological polar surface area (TPSA) is 52.7 Å². The van der Waals surface area contributed by atoms with Crippen LogP contribution in [-0.2, 0) is 17.9 Å². The molecular weight excluding hydrogens is 474 g/mol. The first-order chi connectivity index (χ1) is 15.1. The molecule has 7 heteroatoms. The molecule has 5 nitrogen and oxygen atoms in total. The number of rotatable bonds is 8. The quantitative estimate of drug-likeness (QED) is 0.431. The molecule has 1 fully saturated rings. The van der Waals surface area contributed by atoms with Crippen LogP contribution in [0.3, 0.4) is 0 Å². The summed E-state index contributed by atoms with van der Waals surface area (Å²) in [6.07, 6.45) is 1.87. The zero-order valence-electron chi connectivity index (χ0n) is 17.0. The molecular formula is C24H24BrN3O2S. The Bertz CT molecular complexity index is 1010. The summed E-state index contributed by atoms with van der Waals surface area (Å²) in [7, 11) is 0. The molecule has 1 saturated carbocycles. The largest absolute Gasteiger partial charge is 0.332 e. The van der Waals surface area contributed by atoms with Crippen LogP contribution in [0.2, 0.25) is 0 Å². The average molecular weight is 498 g/mol. The van der Waals surface area contributed by atoms with Crippen LogP contribution in [-0.4, -0.2) is 34.3 Å². The number of benzene rings is 2. The lowest BCUT2D eigenvalue weighted by molar-refractivity contribution is -0.133. The van der Waals surface area contributed by atoms with Gasteiger partial charge in [0.15, 0.2) is 0 Å². The second kappa shape index (κ2) is 10.1. The van der Waals surface area contributed by atoms with E-state index in [1.54, 1.807) is 16.2 Å². The van der Waals surface area contributed by atoms with Crippen molar-refractivity contribution in [2.45, 2.75) is 32.0 Å². The molecule has 4 rings (SSSR count). The molecule has 3 aromatic rings. The third kappa shape index (κ3) is 6.18. The number of hydrogen-bond acceptors (Lipinski definition) is 3. The van der Waals surface area contributed by atoms with Gasteiger partial charge in [-0.25, -0.2) is 4.79 Å². The van der Waals surface area contributed by atoms with Gasteiger partial charge in [0, 0.05) is 27.6 Å². The summed E-state index contributed by atoms with van der Waals surface area (Å²) in [6, 6.07) is 21.3. The minimum atomic E-state index is -0.228. The maximum absolute atomic E-state index is 13.3. The highest BCUT2D eigenvalue weighted by Gasteiger charge is 2.35. The second-order valence-corrected chi connectivity index (χ2v) is 9.56. The van der Waals surface area contributed by atoms with Crippen LogP contribution in [0.4, 0.5) is 10.5 Å². The third-order valence-electron chi connectivity index (χ3n) is 5.15. The SMILES string of the molecule is O=C(CN(C(=O)Nc1ccc(Br)cc1)C1CC1)N(Cc1ccccc1)Cc1cccs1. The number of halogens is 1. The molecule has 160 valence electrons. The molecule has 0 radical (unpaired) electrons. The highest BCUT2D eigenvalue weighted by atomic mass is 79.9. The van der Waals surface area contributed by atoms with Crippen molar-refractivity contribution in [3.8, 4) is 0 Å². The Morgan fingerprint density at radius 1 is 0.968 bits per heavy atom. The number of urea groups is 1. The summed E-state index contributed by atoms with van der Waals surface area (Å²) in [5.41, 5.74) is 1.79. The second-order valence-electron chi connectivity index (χ2n) is 7.61. The highest BCUT2D eigenvalue weighted by Crippen LogP contribution is 2.28. The smallest absolute Gasteiger partial charge is 0.322 e. The van der Waals surface area contributed by atoms with E-state index in [2.05, 4.69) is 21.2 Å². The Labute approximate surface area is 194 Å². The summed E-state index contributed by atoms with van der Waals surface area (Å²) >= 11 is 5.04. The molecule has 0 unspecified atom stereocenters. The number of amides is 3. The fourth-order valence-corrected chi connectivity index (χ4v) is 4.34. The van der Waals surface area contributed by atoms with E-state index in [-0.39, 0.29) is 24.5 Å². The maximum Gasteiger partial charge on any atom is 0.322 e. The minimum absolute atomic E-state index is 0.0462. The van der Waals surface area contributed by atoms with Crippen LogP contribution in [0.1, 0.15) is 23.3 Å². The van der Waals surface area contributed by atoms with E-state index in [1.807, 2.05) is 77.0 Å². The molecule has 2 aromatic carbocycles. The molecule has 1 N–H and O–H groups in total. The monoisotopic (exact) mass is 497 g/mol. The van der Waals surface area contributed by atoms with Crippen LogP contribution in [0, 0.1) is 0 Å². The van der Waals surface area contributed by atoms with Gasteiger partial charge in [0.1, 0.15) is 6.54 Å². The Hall–Kier alpha value is -2.64. The first-order valence-corrected chi connectivity index (χ1v) is 11.9. The molecule has 1 aliphatic rings. The fraction of sp³-hybridized carbons (Fsp3) is 0.250. The number of nitrogens with zero attached hydrogens (tertiary/aromatic N) is 2. The van der Waals surface area contributed by atoms with Gasteiger partial charge in [-0.2, -0.15) is 0 Å². The van der Waals surface area contributed by atoms with E-state index in [0.29, 0.717) is 18.8 Å². The van der Waals surface area contributed by atoms with Gasteiger partial charge in [-0.15, -0.1) is 11.3 Å². The van der Waals surface area contributed by atoms with Crippen molar-refractivity contribution in [1.82, 2.24) is 9.80 Å². The number of thiophene rings is 1. The lowest BCUT2D eigenvalue weighted by Gasteiger charge is -2.28. The van der Waals surface area contributed by atoms with Crippen molar-refractivity contribution in [2.75, 3.05) is 11.9 Å². The summed E-state index contributed by atoms with van der Waals surface area (Å²) < 4.78 is 0.949. The van der Waals surface area contributed by atoms with Crippen LogP contribution in [0.5, 0.6) is 0 Å². The molecule has 1 aromatic heterocycles. The minimum Gasteiger partial charge on any atom is -0.332 e. The lowest BCUT2D eigenvalue weighted by Crippen LogP contribution is -2.45. The molecule has 0 aliphatic heterocycles. The van der Waals surface area contributed by atoms with Crippen LogP contribution in [0.25, 0.3) is 0 Å². The van der Waals surface area contributed by atoms with Gasteiger partial charge in [-0.05, 0) is 54.1 Å². The van der Waals surface area contributed by atoms with Crippen molar-refractivity contribution in [3.63, 3.8) is 0 Å². The number of hydrogen-bond donors (Lipinski definition) is 1. The van der Waals surface area contributed by atoms with E-state index in [4.69, 9.17) is 0 Å². The molecule has 1 heterocycles. The molecule has 1 aliphatic carbocycles. The normalized spacial score (nSPS) is 12.9. The Kier molecular flexibility index (Phi) is 7.04. The van der Waals surface area contributed by atoms with Crippen molar-refractivity contribution in [1.29, 1.82) is 0 Å². The van der Waals surface area contributed by atoms with Crippen LogP contribution >= 0.6 is 27.3 Å². The molecule has 0 atom stereocenters. The number of carbonyl (C=O) groups is 2. The number of nitrogens with one attached hydrogen (secondary N) is 1. The van der Waals surface area contributed by atoms with Gasteiger partial charge in [-0.1, -0.05) is 52.3 Å². The fourth-order valence-electron chi connectivity index (χ4n) is 3.35. The molecule has 31 heavy (non-hydrogen) atoms. The van der Waals surface area contributed by atoms with E-state index in [1.165, 1.54) is 0 Å². The van der Waals surface area contributed by atoms with Gasteiger partial charge < -0.3 is 15.1 Å². The van der Waals surface area contributed by atoms with E-state index >= 15 is 0 Å². The summed E-state index contributed by atoms with van der Waals surface area (Å²) in [5, 5.41) is 4.94. The highest BCUT2D eigenvalue weighted by molar-refractivity contribution is 9.10. The zero-order valence-corrected chi connectivity index (χ0v) is 19.4. The average Bonchev–Trinajstić information content (AvgIpc) is 3.49. The summed E-state index contributed by atoms with van der Waals surface area (Å²) in [6.45, 7) is 1.13. The van der Waals surface area contributed by atoms with Gasteiger partial charge in [0.05, 0.1) is 6.54 Å². The van der Waals surface area contributed by atoms with Crippen molar-refractivity contribution >= 4 is 44.9 Å². The van der Waals surface area contributed by atoms with Gasteiger partial charge >= 0.3 is 6.03 Å². The molecule has 0 bridgehead atoms. The molecule has 3 amide bonds. The Morgan fingerprint density at radius 2 is 1.71 bits per heavy atom. The predicted molar refractivity (Wildman–Crippen MR) is 128 cm³/mol. The first-order valence-electron chi connectivity index (χ1n) is 10.3. The molecule has 0 spiro atoms. The first kappa shape index (κ1) is 21.6. The lowest BCUT2D eigenvalue weighted by atomic mass is 10.2. The van der Waals surface area contributed by atoms with Crippen LogP contribution < -0.4 is 5.32 Å². The van der Waals surface area contributed by atoms with Gasteiger partial charge in [0.25, 0.3) is 0 Å². The van der Waals surface area contributed by atoms with E-state index in [9.17, 15) is 9.59 Å². The standard InChI is InChI=1S/C24H24BrN3O2S/c25-19-8-10-20(11-9-19)26-24(30)28(21-12-13-21)17-23(29)27(16-22-7-4-14-31-22)15-18-5-2-1-3-6-18/h1-11,14,21H,12-13,15-17H2,(H,26,30). The summed E-state index contributed by atoms with van der Waals surface area (Å²) in [5.74, 6) is -0.0462. The Morgan fingerprint density at radius 3 is 2.35 bits per heavy atom. The maximum atomic E-state index is 13.3.